The van der Waals surface area contributed by atoms with Crippen molar-refractivity contribution in [3.05, 3.63) is 93.2 Å². The zero-order chi connectivity index (χ0) is 21.1. The van der Waals surface area contributed by atoms with Crippen LogP contribution in [0.15, 0.2) is 60.9 Å². The van der Waals surface area contributed by atoms with Crippen molar-refractivity contribution in [3.8, 4) is 0 Å². The molecule has 0 bridgehead atoms. The van der Waals surface area contributed by atoms with E-state index < -0.39 is 0 Å². The molecule has 3 aromatic rings. The molecule has 6 heteroatoms. The van der Waals surface area contributed by atoms with Crippen molar-refractivity contribution < 1.29 is 9.67 Å². The Morgan fingerprint density at radius 3 is 2.34 bits per heavy atom. The average molecular weight is 444 g/mol. The first kappa shape index (κ1) is 21.3. The number of nitrogens with zero attached hydrogens (tertiary/aromatic N) is 1. The third kappa shape index (κ3) is 4.78. The number of aromatic nitrogens is 1. The quantitative estimate of drug-likeness (QED) is 0.208. The molecule has 0 aliphatic carbocycles. The lowest BCUT2D eigenvalue weighted by molar-refractivity contribution is -0.576. The molecule has 2 N–H and O–H groups in total. The van der Waals surface area contributed by atoms with E-state index in [1.54, 1.807) is 22.8 Å². The molecule has 0 aliphatic heterocycles. The van der Waals surface area contributed by atoms with Crippen molar-refractivity contribution in [2.75, 3.05) is 5.32 Å². The molecule has 1 heterocycles. The third-order valence-electron chi connectivity index (χ3n) is 4.55. The summed E-state index contributed by atoms with van der Waals surface area (Å²) in [4.78, 5) is 0.367. The van der Waals surface area contributed by atoms with Crippen LogP contribution < -0.4 is 9.88 Å². The first-order chi connectivity index (χ1) is 13.8. The summed E-state index contributed by atoms with van der Waals surface area (Å²) in [7, 11) is 0. The summed E-state index contributed by atoms with van der Waals surface area (Å²) in [5, 5.41) is 15.4. The Bertz CT molecular complexity index is 1110. The summed E-state index contributed by atoms with van der Waals surface area (Å²) in [6.45, 7) is 5.99. The van der Waals surface area contributed by atoms with Crippen LogP contribution in [0.5, 0.6) is 0 Å². The Morgan fingerprint density at radius 1 is 1.00 bits per heavy atom. The highest BCUT2D eigenvalue weighted by Gasteiger charge is 2.26. The van der Waals surface area contributed by atoms with Crippen molar-refractivity contribution in [2.45, 2.75) is 20.8 Å². The number of thiocarbonyl (C=S) groups is 1. The highest BCUT2D eigenvalue weighted by Crippen LogP contribution is 2.29. The summed E-state index contributed by atoms with van der Waals surface area (Å²) in [6, 6.07) is 14.8. The van der Waals surface area contributed by atoms with E-state index in [-0.39, 0.29) is 5.76 Å². The zero-order valence-electron chi connectivity index (χ0n) is 16.3. The van der Waals surface area contributed by atoms with Crippen molar-refractivity contribution in [2.24, 2.45) is 0 Å². The van der Waals surface area contributed by atoms with Crippen LogP contribution in [0.25, 0.3) is 11.5 Å². The number of pyridine rings is 1. The Labute approximate surface area is 186 Å². The van der Waals surface area contributed by atoms with Gasteiger partial charge in [-0.3, -0.25) is 0 Å². The molecule has 0 amide bonds. The number of aliphatic hydroxyl groups is 1. The number of halogens is 2. The number of benzene rings is 2. The molecule has 0 saturated carbocycles. The van der Waals surface area contributed by atoms with E-state index in [0.29, 0.717) is 26.3 Å². The lowest BCUT2D eigenvalue weighted by Crippen LogP contribution is -2.39. The SMILES string of the molecule is Cc1ccc[n+](/C(C(=S)Nc2c(C)cccc2C)=C(/O)c2cc(Cl)ccc2Cl)c1. The second-order valence-electron chi connectivity index (χ2n) is 6.83. The Hall–Kier alpha value is -2.40. The minimum absolute atomic E-state index is 0.0585. The molecule has 0 unspecified atom stereocenters. The smallest absolute Gasteiger partial charge is 0.288 e. The highest BCUT2D eigenvalue weighted by atomic mass is 35.5. The van der Waals surface area contributed by atoms with Gasteiger partial charge in [0.05, 0.1) is 5.02 Å². The van der Waals surface area contributed by atoms with E-state index in [1.165, 1.54) is 0 Å². The largest absolute Gasteiger partial charge is 0.502 e. The Morgan fingerprint density at radius 2 is 1.69 bits per heavy atom. The van der Waals surface area contributed by atoms with Gasteiger partial charge in [0.15, 0.2) is 17.4 Å². The molecule has 3 rings (SSSR count). The molecule has 0 radical (unpaired) electrons. The van der Waals surface area contributed by atoms with Crippen LogP contribution in [-0.4, -0.2) is 10.1 Å². The number of aryl methyl sites for hydroxylation is 3. The van der Waals surface area contributed by atoms with Crippen LogP contribution >= 0.6 is 35.4 Å². The van der Waals surface area contributed by atoms with E-state index in [2.05, 4.69) is 5.32 Å². The van der Waals surface area contributed by atoms with E-state index in [1.807, 2.05) is 63.5 Å². The van der Waals surface area contributed by atoms with Gasteiger partial charge in [-0.1, -0.05) is 53.6 Å². The molecule has 0 fully saturated rings. The molecule has 29 heavy (non-hydrogen) atoms. The molecule has 148 valence electrons. The summed E-state index contributed by atoms with van der Waals surface area (Å²) in [5.74, 6) is -0.0585. The number of para-hydroxylation sites is 1. The number of hydrogen-bond acceptors (Lipinski definition) is 2. The molecule has 2 aromatic carbocycles. The maximum absolute atomic E-state index is 11.2. The fraction of sp³-hybridized carbons (Fsp3) is 0.130. The standard InChI is InChI=1S/C23H20Cl2N2OS/c1-14-6-5-11-27(13-14)21(22(28)18-12-17(24)9-10-19(18)25)23(29)26-20-15(2)7-4-8-16(20)3/h4-13H,1-3H3,(H-,26,28,29)/p+1. The number of rotatable bonds is 4. The molecular weight excluding hydrogens is 423 g/mol. The van der Waals surface area contributed by atoms with Crippen LogP contribution in [0.3, 0.4) is 0 Å². The number of nitrogens with one attached hydrogen (secondary N) is 1. The number of hydrogen-bond donors (Lipinski definition) is 2. The van der Waals surface area contributed by atoms with Gasteiger partial charge in [-0.2, -0.15) is 4.57 Å². The van der Waals surface area contributed by atoms with Crippen LogP contribution in [0, 0.1) is 20.8 Å². The van der Waals surface area contributed by atoms with Crippen LogP contribution in [0.1, 0.15) is 22.3 Å². The van der Waals surface area contributed by atoms with Gasteiger partial charge < -0.3 is 10.4 Å². The predicted octanol–water partition coefficient (Wildman–Crippen LogP) is 6.53. The maximum Gasteiger partial charge on any atom is 0.288 e. The Kier molecular flexibility index (Phi) is 6.58. The van der Waals surface area contributed by atoms with Gasteiger partial charge in [-0.05, 0) is 56.2 Å². The normalized spacial score (nSPS) is 11.8. The zero-order valence-corrected chi connectivity index (χ0v) is 18.7. The fourth-order valence-electron chi connectivity index (χ4n) is 3.07. The highest BCUT2D eigenvalue weighted by molar-refractivity contribution is 7.81. The van der Waals surface area contributed by atoms with Gasteiger partial charge in [0.1, 0.15) is 0 Å². The van der Waals surface area contributed by atoms with Gasteiger partial charge in [0.25, 0.3) is 5.70 Å². The van der Waals surface area contributed by atoms with Gasteiger partial charge in [0.2, 0.25) is 5.76 Å². The summed E-state index contributed by atoms with van der Waals surface area (Å²) in [6.07, 6.45) is 3.72. The predicted molar refractivity (Wildman–Crippen MR) is 126 cm³/mol. The lowest BCUT2D eigenvalue weighted by atomic mass is 10.1. The number of aliphatic hydroxyl groups excluding tert-OH is 1. The van der Waals surface area contributed by atoms with Gasteiger partial charge >= 0.3 is 0 Å². The van der Waals surface area contributed by atoms with E-state index in [0.717, 1.165) is 22.4 Å². The van der Waals surface area contributed by atoms with Gasteiger partial charge in [-0.25, -0.2) is 0 Å². The lowest BCUT2D eigenvalue weighted by Gasteiger charge is -2.14. The topological polar surface area (TPSA) is 36.1 Å². The summed E-state index contributed by atoms with van der Waals surface area (Å²) >= 11 is 18.2. The molecule has 0 spiro atoms. The molecule has 0 saturated heterocycles. The Balaban J connectivity index is 2.18. The van der Waals surface area contributed by atoms with Crippen molar-refractivity contribution in [1.29, 1.82) is 0 Å². The first-order valence-corrected chi connectivity index (χ1v) is 10.2. The second-order valence-corrected chi connectivity index (χ2v) is 8.08. The molecule has 3 nitrogen and oxygen atoms in total. The fourth-order valence-corrected chi connectivity index (χ4v) is 3.75. The molecule has 1 aromatic heterocycles. The molecule has 0 atom stereocenters. The molecule has 0 aliphatic rings. The first-order valence-electron chi connectivity index (χ1n) is 9.02. The average Bonchev–Trinajstić information content (AvgIpc) is 2.67. The minimum Gasteiger partial charge on any atom is -0.502 e. The monoisotopic (exact) mass is 443 g/mol. The van der Waals surface area contributed by atoms with E-state index in [9.17, 15) is 5.11 Å². The van der Waals surface area contributed by atoms with Crippen molar-refractivity contribution in [3.63, 3.8) is 0 Å². The summed E-state index contributed by atoms with van der Waals surface area (Å²) in [5.41, 5.74) is 4.87. The van der Waals surface area contributed by atoms with Crippen molar-refractivity contribution in [1.82, 2.24) is 0 Å². The molecular formula is C23H21Cl2N2OS+. The minimum atomic E-state index is -0.0585. The number of anilines is 1. The second kappa shape index (κ2) is 8.95. The van der Waals surface area contributed by atoms with E-state index >= 15 is 0 Å². The van der Waals surface area contributed by atoms with Crippen LogP contribution in [0.4, 0.5) is 5.69 Å². The third-order valence-corrected chi connectivity index (χ3v) is 5.41. The van der Waals surface area contributed by atoms with Crippen LogP contribution in [0.2, 0.25) is 10.0 Å². The van der Waals surface area contributed by atoms with Crippen molar-refractivity contribution >= 4 is 57.6 Å². The van der Waals surface area contributed by atoms with Crippen LogP contribution in [-0.2, 0) is 0 Å². The van der Waals surface area contributed by atoms with E-state index in [4.69, 9.17) is 35.4 Å². The van der Waals surface area contributed by atoms with Gasteiger partial charge in [-0.15, -0.1) is 0 Å². The van der Waals surface area contributed by atoms with Gasteiger partial charge in [0, 0.05) is 27.9 Å². The summed E-state index contributed by atoms with van der Waals surface area (Å²) < 4.78 is 1.78. The maximum atomic E-state index is 11.2.